The van der Waals surface area contributed by atoms with Gasteiger partial charge in [0.1, 0.15) is 0 Å². The van der Waals surface area contributed by atoms with E-state index in [0.717, 1.165) is 30.6 Å². The molecular weight excluding hydrogens is 404 g/mol. The van der Waals surface area contributed by atoms with E-state index in [4.69, 9.17) is 4.74 Å². The van der Waals surface area contributed by atoms with Gasteiger partial charge in [0.2, 0.25) is 0 Å². The molecule has 2 saturated carbocycles. The lowest BCUT2D eigenvalue weighted by Crippen LogP contribution is -2.25. The van der Waals surface area contributed by atoms with Gasteiger partial charge in [-0.1, -0.05) is 31.1 Å². The van der Waals surface area contributed by atoms with E-state index in [2.05, 4.69) is 19.1 Å². The molecule has 1 aromatic carbocycles. The Hall–Kier alpha value is -1.52. The molecule has 31 heavy (non-hydrogen) atoms. The highest BCUT2D eigenvalue weighted by molar-refractivity contribution is 5.39. The Kier molecular flexibility index (Phi) is 8.46. The van der Waals surface area contributed by atoms with Crippen LogP contribution in [0, 0.1) is 29.5 Å². The van der Waals surface area contributed by atoms with Gasteiger partial charge in [-0.2, -0.15) is 13.2 Å². The molecule has 1 aromatic rings. The number of ether oxygens (including phenoxy) is 1. The summed E-state index contributed by atoms with van der Waals surface area (Å²) in [4.78, 5) is 0. The maximum Gasteiger partial charge on any atom is 0.419 e. The normalized spacial score (nSPS) is 27.5. The van der Waals surface area contributed by atoms with Crippen LogP contribution in [0.4, 0.5) is 17.6 Å². The van der Waals surface area contributed by atoms with Gasteiger partial charge in [0.25, 0.3) is 0 Å². The Labute approximate surface area is 184 Å². The van der Waals surface area contributed by atoms with Crippen LogP contribution >= 0.6 is 0 Å². The van der Waals surface area contributed by atoms with Crippen molar-refractivity contribution in [3.05, 3.63) is 41.2 Å². The SMILES string of the molecule is C/C=C/C1CCC(C2CCC(CCc3ccc(OCC)c(F)c3C(F)(F)F)CC2)CC1. The molecular formula is C26H36F4O. The standard InChI is InChI=1S/C26H36F4O/c1-3-5-18-6-11-20(12-7-18)21-13-8-19(9-14-21)10-15-22-16-17-23(31-4-2)25(27)24(22)26(28,29)30/h3,5,16-21H,4,6-15H2,1-2H3/b5-3+. The number of allylic oxidation sites excluding steroid dienone is 2. The summed E-state index contributed by atoms with van der Waals surface area (Å²) in [5.74, 6) is 1.18. The highest BCUT2D eigenvalue weighted by Gasteiger charge is 2.38. The van der Waals surface area contributed by atoms with Gasteiger partial charge >= 0.3 is 6.18 Å². The summed E-state index contributed by atoms with van der Waals surface area (Å²) < 4.78 is 60.1. The Morgan fingerprint density at radius 2 is 1.58 bits per heavy atom. The van der Waals surface area contributed by atoms with E-state index in [-0.39, 0.29) is 24.3 Å². The minimum Gasteiger partial charge on any atom is -0.491 e. The number of alkyl halides is 3. The maximum atomic E-state index is 14.5. The largest absolute Gasteiger partial charge is 0.491 e. The zero-order chi connectivity index (χ0) is 22.4. The first kappa shape index (κ1) is 24.1. The quantitative estimate of drug-likeness (QED) is 0.306. The Balaban J connectivity index is 1.53. The van der Waals surface area contributed by atoms with Gasteiger partial charge in [0.15, 0.2) is 11.6 Å². The molecule has 0 aliphatic heterocycles. The number of hydrogen-bond acceptors (Lipinski definition) is 1. The van der Waals surface area contributed by atoms with Crippen molar-refractivity contribution in [2.24, 2.45) is 23.7 Å². The first-order chi connectivity index (χ1) is 14.8. The summed E-state index contributed by atoms with van der Waals surface area (Å²) in [6.45, 7) is 3.85. The average molecular weight is 441 g/mol. The summed E-state index contributed by atoms with van der Waals surface area (Å²) in [5, 5.41) is 0. The van der Waals surface area contributed by atoms with Crippen molar-refractivity contribution in [3.8, 4) is 5.75 Å². The number of halogens is 4. The lowest BCUT2D eigenvalue weighted by atomic mass is 9.68. The summed E-state index contributed by atoms with van der Waals surface area (Å²) in [5.41, 5.74) is -1.09. The lowest BCUT2D eigenvalue weighted by molar-refractivity contribution is -0.140. The van der Waals surface area contributed by atoms with Crippen molar-refractivity contribution >= 4 is 0 Å². The van der Waals surface area contributed by atoms with Crippen LogP contribution in [0.2, 0.25) is 0 Å². The fourth-order valence-electron chi connectivity index (χ4n) is 5.77. The fraction of sp³-hybridized carbons (Fsp3) is 0.692. The van der Waals surface area contributed by atoms with Gasteiger partial charge in [0.05, 0.1) is 12.2 Å². The first-order valence-corrected chi connectivity index (χ1v) is 12.0. The van der Waals surface area contributed by atoms with Gasteiger partial charge in [-0.3, -0.25) is 0 Å². The second kappa shape index (κ2) is 10.9. The molecule has 0 heterocycles. The van der Waals surface area contributed by atoms with Crippen LogP contribution in [0.1, 0.15) is 82.8 Å². The summed E-state index contributed by atoms with van der Waals surface area (Å²) >= 11 is 0. The number of aryl methyl sites for hydroxylation is 1. The molecule has 0 atom stereocenters. The van der Waals surface area contributed by atoms with E-state index in [0.29, 0.717) is 12.3 Å². The van der Waals surface area contributed by atoms with Crippen LogP contribution in [0.25, 0.3) is 0 Å². The molecule has 0 spiro atoms. The predicted octanol–water partition coefficient (Wildman–Crippen LogP) is 8.36. The van der Waals surface area contributed by atoms with Crippen LogP contribution < -0.4 is 4.74 Å². The summed E-state index contributed by atoms with van der Waals surface area (Å²) in [7, 11) is 0. The highest BCUT2D eigenvalue weighted by atomic mass is 19.4. The predicted molar refractivity (Wildman–Crippen MR) is 117 cm³/mol. The second-order valence-electron chi connectivity index (χ2n) is 9.36. The zero-order valence-corrected chi connectivity index (χ0v) is 18.8. The molecule has 3 rings (SSSR count). The first-order valence-electron chi connectivity index (χ1n) is 12.0. The molecule has 2 aliphatic rings. The minimum absolute atomic E-state index is 0.0536. The minimum atomic E-state index is -4.71. The third-order valence-corrected chi connectivity index (χ3v) is 7.44. The molecule has 0 aromatic heterocycles. The molecule has 174 valence electrons. The van der Waals surface area contributed by atoms with E-state index in [1.807, 2.05) is 0 Å². The summed E-state index contributed by atoms with van der Waals surface area (Å²) in [6.07, 6.45) is 10.5. The van der Waals surface area contributed by atoms with E-state index >= 15 is 0 Å². The summed E-state index contributed by atoms with van der Waals surface area (Å²) in [6, 6.07) is 2.73. The smallest absolute Gasteiger partial charge is 0.419 e. The van der Waals surface area contributed by atoms with Crippen LogP contribution in [-0.2, 0) is 12.6 Å². The lowest BCUT2D eigenvalue weighted by Gasteiger charge is -2.37. The number of rotatable bonds is 7. The van der Waals surface area contributed by atoms with Gasteiger partial charge in [-0.15, -0.1) is 0 Å². The maximum absolute atomic E-state index is 14.5. The molecule has 0 bridgehead atoms. The molecule has 0 N–H and O–H groups in total. The van der Waals surface area contributed by atoms with Crippen LogP contribution in [0.5, 0.6) is 5.75 Å². The van der Waals surface area contributed by atoms with Gasteiger partial charge < -0.3 is 4.74 Å². The Morgan fingerprint density at radius 1 is 0.968 bits per heavy atom. The van der Waals surface area contributed by atoms with Crippen LogP contribution in [0.3, 0.4) is 0 Å². The van der Waals surface area contributed by atoms with Crippen molar-refractivity contribution < 1.29 is 22.3 Å². The number of benzene rings is 1. The molecule has 2 aliphatic carbocycles. The topological polar surface area (TPSA) is 9.23 Å². The monoisotopic (exact) mass is 440 g/mol. The third kappa shape index (κ3) is 6.26. The van der Waals surface area contributed by atoms with Gasteiger partial charge in [0, 0.05) is 0 Å². The van der Waals surface area contributed by atoms with Gasteiger partial charge in [-0.05, 0) is 101 Å². The Morgan fingerprint density at radius 3 is 2.13 bits per heavy atom. The van der Waals surface area contributed by atoms with Crippen LogP contribution in [0.15, 0.2) is 24.3 Å². The molecule has 0 unspecified atom stereocenters. The van der Waals surface area contributed by atoms with E-state index in [9.17, 15) is 17.6 Å². The second-order valence-corrected chi connectivity index (χ2v) is 9.36. The zero-order valence-electron chi connectivity index (χ0n) is 18.8. The van der Waals surface area contributed by atoms with Crippen molar-refractivity contribution in [2.45, 2.75) is 84.2 Å². The molecule has 0 radical (unpaired) electrons. The third-order valence-electron chi connectivity index (χ3n) is 7.44. The van der Waals surface area contributed by atoms with E-state index < -0.39 is 17.6 Å². The molecule has 5 heteroatoms. The van der Waals surface area contributed by atoms with Crippen molar-refractivity contribution in [2.75, 3.05) is 6.61 Å². The van der Waals surface area contributed by atoms with Gasteiger partial charge in [-0.25, -0.2) is 4.39 Å². The van der Waals surface area contributed by atoms with Crippen molar-refractivity contribution in [1.82, 2.24) is 0 Å². The number of hydrogen-bond donors (Lipinski definition) is 0. The molecule has 2 fully saturated rings. The average Bonchev–Trinajstić information content (AvgIpc) is 2.74. The molecule has 0 amide bonds. The highest BCUT2D eigenvalue weighted by Crippen LogP contribution is 2.43. The van der Waals surface area contributed by atoms with Crippen molar-refractivity contribution in [1.29, 1.82) is 0 Å². The van der Waals surface area contributed by atoms with E-state index in [1.165, 1.54) is 50.7 Å². The van der Waals surface area contributed by atoms with Crippen LogP contribution in [-0.4, -0.2) is 6.61 Å². The fourth-order valence-corrected chi connectivity index (χ4v) is 5.77. The molecule has 1 nitrogen and oxygen atoms in total. The van der Waals surface area contributed by atoms with E-state index in [1.54, 1.807) is 6.92 Å². The molecule has 0 saturated heterocycles. The van der Waals surface area contributed by atoms with Crippen molar-refractivity contribution in [3.63, 3.8) is 0 Å². The Bertz CT molecular complexity index is 724.